The number of hydrogen-bond acceptors (Lipinski definition) is 3. The summed E-state index contributed by atoms with van der Waals surface area (Å²) in [6.07, 6.45) is -0.0435. The van der Waals surface area contributed by atoms with Crippen molar-refractivity contribution in [3.8, 4) is 11.5 Å². The first-order valence-electron chi connectivity index (χ1n) is 5.25. The number of nitrogens with two attached hydrogens (primary N) is 1. The Labute approximate surface area is 90.2 Å². The standard InChI is InChI=1S/C12H17NO2/c1-7-4-5-8(2)12-11(7)14-6-10(15-12)9(3)13/h4-5,9-10H,6,13H2,1-3H3. The lowest BCUT2D eigenvalue weighted by Crippen LogP contribution is -2.43. The van der Waals surface area contributed by atoms with Crippen molar-refractivity contribution in [2.24, 2.45) is 5.73 Å². The average molecular weight is 207 g/mol. The summed E-state index contributed by atoms with van der Waals surface area (Å²) in [6, 6.07) is 4.07. The Kier molecular flexibility index (Phi) is 2.57. The third-order valence-corrected chi connectivity index (χ3v) is 2.75. The van der Waals surface area contributed by atoms with Crippen LogP contribution in [0.2, 0.25) is 0 Å². The summed E-state index contributed by atoms with van der Waals surface area (Å²) >= 11 is 0. The summed E-state index contributed by atoms with van der Waals surface area (Å²) < 4.78 is 11.6. The van der Waals surface area contributed by atoms with E-state index in [0.29, 0.717) is 6.61 Å². The van der Waals surface area contributed by atoms with E-state index >= 15 is 0 Å². The monoisotopic (exact) mass is 207 g/mol. The smallest absolute Gasteiger partial charge is 0.165 e. The van der Waals surface area contributed by atoms with Crippen molar-refractivity contribution in [2.45, 2.75) is 32.9 Å². The second-order valence-corrected chi connectivity index (χ2v) is 4.18. The summed E-state index contributed by atoms with van der Waals surface area (Å²) in [5.74, 6) is 1.72. The van der Waals surface area contributed by atoms with Crippen molar-refractivity contribution in [3.05, 3.63) is 23.3 Å². The highest BCUT2D eigenvalue weighted by atomic mass is 16.6. The molecule has 82 valence electrons. The van der Waals surface area contributed by atoms with E-state index in [9.17, 15) is 0 Å². The van der Waals surface area contributed by atoms with Crippen LogP contribution in [-0.2, 0) is 0 Å². The Bertz CT molecular complexity index is 374. The second kappa shape index (κ2) is 3.74. The number of benzene rings is 1. The third kappa shape index (κ3) is 1.79. The molecule has 0 saturated heterocycles. The van der Waals surface area contributed by atoms with Gasteiger partial charge >= 0.3 is 0 Å². The van der Waals surface area contributed by atoms with E-state index in [0.717, 1.165) is 22.6 Å². The maximum absolute atomic E-state index is 5.85. The van der Waals surface area contributed by atoms with E-state index in [1.54, 1.807) is 0 Å². The van der Waals surface area contributed by atoms with Crippen LogP contribution in [0.25, 0.3) is 0 Å². The Hall–Kier alpha value is -1.22. The van der Waals surface area contributed by atoms with Crippen molar-refractivity contribution in [1.82, 2.24) is 0 Å². The van der Waals surface area contributed by atoms with E-state index in [1.165, 1.54) is 0 Å². The van der Waals surface area contributed by atoms with Crippen molar-refractivity contribution < 1.29 is 9.47 Å². The summed E-state index contributed by atoms with van der Waals surface area (Å²) in [7, 11) is 0. The van der Waals surface area contributed by atoms with Gasteiger partial charge < -0.3 is 15.2 Å². The lowest BCUT2D eigenvalue weighted by molar-refractivity contribution is 0.0749. The fourth-order valence-electron chi connectivity index (χ4n) is 1.70. The normalized spacial score (nSPS) is 21.2. The van der Waals surface area contributed by atoms with Crippen LogP contribution in [0.3, 0.4) is 0 Å². The largest absolute Gasteiger partial charge is 0.485 e. The summed E-state index contributed by atoms with van der Waals surface area (Å²) in [6.45, 7) is 6.51. The highest BCUT2D eigenvalue weighted by Crippen LogP contribution is 2.37. The van der Waals surface area contributed by atoms with Gasteiger partial charge in [-0.15, -0.1) is 0 Å². The maximum atomic E-state index is 5.85. The molecule has 2 rings (SSSR count). The molecule has 0 radical (unpaired) electrons. The zero-order chi connectivity index (χ0) is 11.0. The minimum absolute atomic E-state index is 0.0157. The minimum atomic E-state index is -0.0435. The Balaban J connectivity index is 2.36. The first kappa shape index (κ1) is 10.3. The summed E-state index contributed by atoms with van der Waals surface area (Å²) in [5, 5.41) is 0. The fourth-order valence-corrected chi connectivity index (χ4v) is 1.70. The number of hydrogen-bond donors (Lipinski definition) is 1. The molecule has 1 aromatic rings. The summed E-state index contributed by atoms with van der Waals surface area (Å²) in [4.78, 5) is 0. The van der Waals surface area contributed by atoms with Crippen molar-refractivity contribution in [3.63, 3.8) is 0 Å². The van der Waals surface area contributed by atoms with Gasteiger partial charge in [-0.05, 0) is 31.9 Å². The first-order chi connectivity index (χ1) is 7.09. The quantitative estimate of drug-likeness (QED) is 0.763. The van der Waals surface area contributed by atoms with Crippen molar-refractivity contribution in [1.29, 1.82) is 0 Å². The molecule has 0 spiro atoms. The zero-order valence-electron chi connectivity index (χ0n) is 9.41. The van der Waals surface area contributed by atoms with Gasteiger partial charge in [0.25, 0.3) is 0 Å². The van der Waals surface area contributed by atoms with Crippen LogP contribution in [0.1, 0.15) is 18.1 Å². The number of rotatable bonds is 1. The van der Waals surface area contributed by atoms with Crippen molar-refractivity contribution >= 4 is 0 Å². The van der Waals surface area contributed by atoms with E-state index < -0.39 is 0 Å². The molecular formula is C12H17NO2. The molecule has 2 unspecified atom stereocenters. The maximum Gasteiger partial charge on any atom is 0.165 e. The van der Waals surface area contributed by atoms with Crippen LogP contribution < -0.4 is 15.2 Å². The molecule has 1 aromatic carbocycles. The topological polar surface area (TPSA) is 44.5 Å². The highest BCUT2D eigenvalue weighted by Gasteiger charge is 2.26. The molecular weight excluding hydrogens is 190 g/mol. The van der Waals surface area contributed by atoms with Gasteiger partial charge in [0.1, 0.15) is 12.7 Å². The van der Waals surface area contributed by atoms with Gasteiger partial charge in [0.15, 0.2) is 11.5 Å². The van der Waals surface area contributed by atoms with Gasteiger partial charge in [0, 0.05) is 6.04 Å². The van der Waals surface area contributed by atoms with Crippen LogP contribution in [0.15, 0.2) is 12.1 Å². The van der Waals surface area contributed by atoms with E-state index in [1.807, 2.05) is 32.9 Å². The molecule has 0 aliphatic carbocycles. The highest BCUT2D eigenvalue weighted by molar-refractivity contribution is 5.52. The fraction of sp³-hybridized carbons (Fsp3) is 0.500. The molecule has 0 saturated carbocycles. The number of fused-ring (bicyclic) bond motifs is 1. The average Bonchev–Trinajstić information content (AvgIpc) is 2.23. The van der Waals surface area contributed by atoms with E-state index in [-0.39, 0.29) is 12.1 Å². The van der Waals surface area contributed by atoms with Gasteiger partial charge in [0.05, 0.1) is 0 Å². The molecule has 0 aromatic heterocycles. The molecule has 3 nitrogen and oxygen atoms in total. The first-order valence-corrected chi connectivity index (χ1v) is 5.25. The molecule has 15 heavy (non-hydrogen) atoms. The Morgan fingerprint density at radius 3 is 2.47 bits per heavy atom. The van der Waals surface area contributed by atoms with Crippen LogP contribution in [0.4, 0.5) is 0 Å². The Morgan fingerprint density at radius 2 is 1.87 bits per heavy atom. The van der Waals surface area contributed by atoms with E-state index in [4.69, 9.17) is 15.2 Å². The molecule has 1 aliphatic heterocycles. The molecule has 2 N–H and O–H groups in total. The van der Waals surface area contributed by atoms with Crippen molar-refractivity contribution in [2.75, 3.05) is 6.61 Å². The van der Waals surface area contributed by atoms with Gasteiger partial charge in [0.2, 0.25) is 0 Å². The Morgan fingerprint density at radius 1 is 1.27 bits per heavy atom. The predicted octanol–water partition coefficient (Wildman–Crippen LogP) is 1.79. The number of aryl methyl sites for hydroxylation is 2. The van der Waals surface area contributed by atoms with Gasteiger partial charge in [-0.25, -0.2) is 0 Å². The minimum Gasteiger partial charge on any atom is -0.485 e. The van der Waals surface area contributed by atoms with Gasteiger partial charge in [-0.3, -0.25) is 0 Å². The van der Waals surface area contributed by atoms with Crippen LogP contribution in [-0.4, -0.2) is 18.8 Å². The molecule has 2 atom stereocenters. The number of ether oxygens (including phenoxy) is 2. The second-order valence-electron chi connectivity index (χ2n) is 4.18. The predicted molar refractivity (Wildman–Crippen MR) is 59.5 cm³/mol. The summed E-state index contributed by atoms with van der Waals surface area (Å²) in [5.41, 5.74) is 8.02. The molecule has 0 amide bonds. The van der Waals surface area contributed by atoms with Crippen LogP contribution >= 0.6 is 0 Å². The van der Waals surface area contributed by atoms with Crippen LogP contribution in [0, 0.1) is 13.8 Å². The lowest BCUT2D eigenvalue weighted by Gasteiger charge is -2.30. The molecule has 0 fully saturated rings. The van der Waals surface area contributed by atoms with Gasteiger partial charge in [-0.2, -0.15) is 0 Å². The molecule has 1 heterocycles. The molecule has 0 bridgehead atoms. The SMILES string of the molecule is Cc1ccc(C)c2c1OCC(C(C)N)O2. The van der Waals surface area contributed by atoms with Gasteiger partial charge in [-0.1, -0.05) is 12.1 Å². The van der Waals surface area contributed by atoms with E-state index in [2.05, 4.69) is 0 Å². The molecule has 1 aliphatic rings. The zero-order valence-corrected chi connectivity index (χ0v) is 9.41. The lowest BCUT2D eigenvalue weighted by atomic mass is 10.1. The van der Waals surface area contributed by atoms with Crippen LogP contribution in [0.5, 0.6) is 11.5 Å². The third-order valence-electron chi connectivity index (χ3n) is 2.75. The molecule has 3 heteroatoms.